The third kappa shape index (κ3) is 3.36. The van der Waals surface area contributed by atoms with Gasteiger partial charge in [0.15, 0.2) is 0 Å². The van der Waals surface area contributed by atoms with Gasteiger partial charge in [-0.3, -0.25) is 4.79 Å². The number of nitrogens with one attached hydrogen (secondary N) is 1. The first kappa shape index (κ1) is 11.7. The fourth-order valence-electron chi connectivity index (χ4n) is 1.43. The average Bonchev–Trinajstić information content (AvgIpc) is 2.27. The molecule has 82 valence electrons. The van der Waals surface area contributed by atoms with Crippen molar-refractivity contribution < 1.29 is 9.53 Å². The topological polar surface area (TPSA) is 38.3 Å². The maximum Gasteiger partial charge on any atom is 0.251 e. The first-order chi connectivity index (χ1) is 7.29. The summed E-state index contributed by atoms with van der Waals surface area (Å²) in [6, 6.07) is 7.62. The van der Waals surface area contributed by atoms with Crippen molar-refractivity contribution in [1.82, 2.24) is 5.32 Å². The summed E-state index contributed by atoms with van der Waals surface area (Å²) in [7, 11) is 1.66. The van der Waals surface area contributed by atoms with Crippen LogP contribution in [-0.2, 0) is 11.2 Å². The Bertz CT molecular complexity index is 323. The maximum atomic E-state index is 11.7. The van der Waals surface area contributed by atoms with Crippen LogP contribution in [0, 0.1) is 0 Å². The van der Waals surface area contributed by atoms with E-state index in [9.17, 15) is 4.79 Å². The smallest absolute Gasteiger partial charge is 0.251 e. The lowest BCUT2D eigenvalue weighted by atomic mass is 10.0. The summed E-state index contributed by atoms with van der Waals surface area (Å²) in [5.74, 6) is -0.01000. The Balaban J connectivity index is 2.80. The van der Waals surface area contributed by atoms with E-state index in [1.807, 2.05) is 31.2 Å². The normalized spacial score (nSPS) is 10.0. The van der Waals surface area contributed by atoms with Crippen molar-refractivity contribution in [3.8, 4) is 0 Å². The Morgan fingerprint density at radius 1 is 1.40 bits per heavy atom. The van der Waals surface area contributed by atoms with Crippen molar-refractivity contribution in [2.24, 2.45) is 0 Å². The van der Waals surface area contributed by atoms with Gasteiger partial charge in [0.05, 0.1) is 6.61 Å². The van der Waals surface area contributed by atoms with Crippen LogP contribution in [0.4, 0.5) is 0 Å². The Labute approximate surface area is 90.4 Å². The van der Waals surface area contributed by atoms with Crippen molar-refractivity contribution in [2.45, 2.75) is 13.3 Å². The van der Waals surface area contributed by atoms with Crippen molar-refractivity contribution >= 4 is 5.91 Å². The summed E-state index contributed by atoms with van der Waals surface area (Å²) in [6.45, 7) is 3.20. The minimum Gasteiger partial charge on any atom is -0.384 e. The van der Waals surface area contributed by atoms with Crippen LogP contribution in [0.2, 0.25) is 0 Å². The molecule has 0 aliphatic carbocycles. The van der Waals surface area contributed by atoms with Crippen LogP contribution in [-0.4, -0.2) is 26.2 Å². The molecular formula is C12H17NO2. The van der Waals surface area contributed by atoms with Gasteiger partial charge in [0, 0.05) is 19.2 Å². The molecule has 0 bridgehead atoms. The van der Waals surface area contributed by atoms with E-state index in [4.69, 9.17) is 4.74 Å². The third-order valence-electron chi connectivity index (χ3n) is 2.17. The lowest BCUT2D eigenvalue weighted by Crippen LogP contribution is -2.24. The van der Waals surface area contributed by atoms with Crippen LogP contribution in [0.3, 0.4) is 0 Å². The van der Waals surface area contributed by atoms with E-state index < -0.39 is 0 Å². The predicted molar refractivity (Wildman–Crippen MR) is 60.0 cm³/mol. The summed E-state index contributed by atoms with van der Waals surface area (Å²) >= 11 is 0. The molecule has 0 aliphatic heterocycles. The molecule has 1 aromatic carbocycles. The fourth-order valence-corrected chi connectivity index (χ4v) is 1.43. The maximum absolute atomic E-state index is 11.7. The third-order valence-corrected chi connectivity index (χ3v) is 2.17. The van der Waals surface area contributed by atoms with Gasteiger partial charge in [0.1, 0.15) is 0 Å². The van der Waals surface area contributed by atoms with Crippen molar-refractivity contribution in [1.29, 1.82) is 0 Å². The number of hydrogen-bond donors (Lipinski definition) is 1. The van der Waals surface area contributed by atoms with Gasteiger partial charge in [-0.15, -0.1) is 0 Å². The highest BCUT2D eigenvalue weighted by Crippen LogP contribution is 2.09. The van der Waals surface area contributed by atoms with E-state index in [1.54, 1.807) is 7.11 Å². The molecule has 0 radical (unpaired) electrons. The number of carbonyl (C=O) groups is 1. The van der Waals surface area contributed by atoms with Gasteiger partial charge in [0.2, 0.25) is 0 Å². The zero-order valence-corrected chi connectivity index (χ0v) is 9.25. The number of ether oxygens (including phenoxy) is 1. The van der Waals surface area contributed by atoms with E-state index in [0.29, 0.717) is 13.2 Å². The molecule has 0 unspecified atom stereocenters. The van der Waals surface area contributed by atoms with Crippen LogP contribution in [0.1, 0.15) is 22.8 Å². The summed E-state index contributed by atoms with van der Waals surface area (Å²) < 4.78 is 5.01. The number of benzene rings is 1. The SMILES string of the molecule is CCNC(=O)c1ccccc1CCOC. The molecule has 1 aromatic rings. The molecule has 1 rings (SSSR count). The summed E-state index contributed by atoms with van der Waals surface area (Å²) in [6.07, 6.45) is 0.768. The molecule has 1 amide bonds. The van der Waals surface area contributed by atoms with Gasteiger partial charge in [-0.1, -0.05) is 18.2 Å². The van der Waals surface area contributed by atoms with E-state index in [2.05, 4.69) is 5.32 Å². The molecule has 0 aromatic heterocycles. The van der Waals surface area contributed by atoms with Gasteiger partial charge in [-0.05, 0) is 25.0 Å². The van der Waals surface area contributed by atoms with Gasteiger partial charge in [-0.2, -0.15) is 0 Å². The molecule has 3 nitrogen and oxygen atoms in total. The molecule has 0 atom stereocenters. The number of hydrogen-bond acceptors (Lipinski definition) is 2. The summed E-state index contributed by atoms with van der Waals surface area (Å²) in [5.41, 5.74) is 1.78. The second kappa shape index (κ2) is 6.19. The van der Waals surface area contributed by atoms with E-state index in [1.165, 1.54) is 0 Å². The van der Waals surface area contributed by atoms with Crippen LogP contribution in [0.15, 0.2) is 24.3 Å². The quantitative estimate of drug-likeness (QED) is 0.797. The molecule has 0 aliphatic rings. The number of amides is 1. The minimum atomic E-state index is -0.01000. The van der Waals surface area contributed by atoms with E-state index in [-0.39, 0.29) is 5.91 Å². The number of methoxy groups -OCH3 is 1. The fraction of sp³-hybridized carbons (Fsp3) is 0.417. The highest BCUT2D eigenvalue weighted by Gasteiger charge is 2.08. The molecule has 15 heavy (non-hydrogen) atoms. The van der Waals surface area contributed by atoms with Crippen LogP contribution in [0.5, 0.6) is 0 Å². The van der Waals surface area contributed by atoms with E-state index in [0.717, 1.165) is 17.5 Å². The van der Waals surface area contributed by atoms with Crippen molar-refractivity contribution in [2.75, 3.05) is 20.3 Å². The summed E-state index contributed by atoms with van der Waals surface area (Å²) in [4.78, 5) is 11.7. The molecule has 0 spiro atoms. The molecule has 0 fully saturated rings. The molecular weight excluding hydrogens is 190 g/mol. The Kier molecular flexibility index (Phi) is 4.84. The molecule has 0 heterocycles. The van der Waals surface area contributed by atoms with Gasteiger partial charge < -0.3 is 10.1 Å². The van der Waals surface area contributed by atoms with Crippen LogP contribution >= 0.6 is 0 Å². The lowest BCUT2D eigenvalue weighted by Gasteiger charge is -2.08. The number of rotatable bonds is 5. The summed E-state index contributed by atoms with van der Waals surface area (Å²) in [5, 5.41) is 2.80. The molecule has 0 saturated heterocycles. The highest BCUT2D eigenvalue weighted by molar-refractivity contribution is 5.95. The first-order valence-corrected chi connectivity index (χ1v) is 5.14. The largest absolute Gasteiger partial charge is 0.384 e. The highest BCUT2D eigenvalue weighted by atomic mass is 16.5. The Hall–Kier alpha value is -1.35. The monoisotopic (exact) mass is 207 g/mol. The molecule has 0 saturated carbocycles. The Morgan fingerprint density at radius 2 is 2.13 bits per heavy atom. The van der Waals surface area contributed by atoms with Crippen molar-refractivity contribution in [3.63, 3.8) is 0 Å². The van der Waals surface area contributed by atoms with Crippen LogP contribution in [0.25, 0.3) is 0 Å². The molecule has 1 N–H and O–H groups in total. The van der Waals surface area contributed by atoms with Gasteiger partial charge in [0.25, 0.3) is 5.91 Å². The van der Waals surface area contributed by atoms with Gasteiger partial charge in [-0.25, -0.2) is 0 Å². The predicted octanol–water partition coefficient (Wildman–Crippen LogP) is 1.63. The second-order valence-corrected chi connectivity index (χ2v) is 3.26. The zero-order valence-electron chi connectivity index (χ0n) is 9.25. The van der Waals surface area contributed by atoms with Crippen molar-refractivity contribution in [3.05, 3.63) is 35.4 Å². The first-order valence-electron chi connectivity index (χ1n) is 5.14. The zero-order chi connectivity index (χ0) is 11.1. The van der Waals surface area contributed by atoms with Gasteiger partial charge >= 0.3 is 0 Å². The molecule has 3 heteroatoms. The second-order valence-electron chi connectivity index (χ2n) is 3.26. The van der Waals surface area contributed by atoms with E-state index >= 15 is 0 Å². The minimum absolute atomic E-state index is 0.01000. The van der Waals surface area contributed by atoms with Crippen LogP contribution < -0.4 is 5.32 Å². The standard InChI is InChI=1S/C12H17NO2/c1-3-13-12(14)11-7-5-4-6-10(11)8-9-15-2/h4-7H,3,8-9H2,1-2H3,(H,13,14). The lowest BCUT2D eigenvalue weighted by molar-refractivity contribution is 0.0954. The average molecular weight is 207 g/mol. The Morgan fingerprint density at radius 3 is 2.80 bits per heavy atom. The number of carbonyl (C=O) groups excluding carboxylic acids is 1.